The van der Waals surface area contributed by atoms with Gasteiger partial charge in [0.25, 0.3) is 0 Å². The maximum Gasteiger partial charge on any atom is 0.145 e. The van der Waals surface area contributed by atoms with Crippen molar-refractivity contribution in [3.05, 3.63) is 50.6 Å². The van der Waals surface area contributed by atoms with Crippen molar-refractivity contribution in [3.63, 3.8) is 0 Å². The monoisotopic (exact) mass is 327 g/mol. The van der Waals surface area contributed by atoms with Crippen LogP contribution in [0, 0.1) is 0 Å². The van der Waals surface area contributed by atoms with E-state index < -0.39 is 0 Å². The first-order chi connectivity index (χ1) is 8.72. The smallest absolute Gasteiger partial charge is 0.145 e. The molecule has 1 atom stereocenters. The van der Waals surface area contributed by atoms with E-state index >= 15 is 0 Å². The number of ether oxygens (including phenoxy) is 1. The summed E-state index contributed by atoms with van der Waals surface area (Å²) in [5.74, 6) is 0.757. The normalized spacial score (nSPS) is 12.4. The van der Waals surface area contributed by atoms with E-state index in [-0.39, 0.29) is 12.7 Å². The summed E-state index contributed by atoms with van der Waals surface area (Å²) in [4.78, 5) is 1.09. The zero-order valence-corrected chi connectivity index (χ0v) is 12.1. The van der Waals surface area contributed by atoms with Crippen molar-refractivity contribution >= 4 is 27.3 Å². The third kappa shape index (κ3) is 3.32. The van der Waals surface area contributed by atoms with Gasteiger partial charge in [0.1, 0.15) is 11.9 Å². The highest BCUT2D eigenvalue weighted by molar-refractivity contribution is 9.11. The van der Waals surface area contributed by atoms with Crippen LogP contribution < -0.4 is 10.5 Å². The van der Waals surface area contributed by atoms with Crippen molar-refractivity contribution in [3.8, 4) is 5.75 Å². The molecule has 1 aromatic heterocycles. The molecule has 18 heavy (non-hydrogen) atoms. The average Bonchev–Trinajstić information content (AvgIpc) is 2.83. The second-order valence-electron chi connectivity index (χ2n) is 3.79. The van der Waals surface area contributed by atoms with Crippen LogP contribution in [0.2, 0.25) is 0 Å². The van der Waals surface area contributed by atoms with Crippen molar-refractivity contribution in [1.29, 1.82) is 0 Å². The lowest BCUT2D eigenvalue weighted by atomic mass is 10.2. The summed E-state index contributed by atoms with van der Waals surface area (Å²) < 4.78 is 6.91. The molecule has 0 fully saturated rings. The Morgan fingerprint density at radius 3 is 2.44 bits per heavy atom. The Hall–Kier alpha value is -0.880. The summed E-state index contributed by atoms with van der Waals surface area (Å²) >= 11 is 5.05. The van der Waals surface area contributed by atoms with Crippen LogP contribution in [-0.2, 0) is 6.61 Å². The van der Waals surface area contributed by atoms with Gasteiger partial charge < -0.3 is 15.6 Å². The van der Waals surface area contributed by atoms with Gasteiger partial charge in [-0.3, -0.25) is 0 Å². The Bertz CT molecular complexity index is 498. The van der Waals surface area contributed by atoms with E-state index in [0.717, 1.165) is 20.0 Å². The summed E-state index contributed by atoms with van der Waals surface area (Å²) in [5.41, 5.74) is 6.61. The Kier molecular flexibility index (Phi) is 4.77. The second kappa shape index (κ2) is 6.33. The van der Waals surface area contributed by atoms with E-state index in [1.54, 1.807) is 11.3 Å². The quantitative estimate of drug-likeness (QED) is 0.887. The van der Waals surface area contributed by atoms with E-state index in [1.807, 2.05) is 36.4 Å². The number of halogens is 1. The molecule has 0 bridgehead atoms. The first-order valence-corrected chi connectivity index (χ1v) is 7.15. The van der Waals surface area contributed by atoms with Crippen LogP contribution in [0.5, 0.6) is 5.75 Å². The van der Waals surface area contributed by atoms with Gasteiger partial charge in [-0.15, -0.1) is 11.3 Å². The molecule has 0 amide bonds. The fourth-order valence-corrected chi connectivity index (χ4v) is 3.03. The van der Waals surface area contributed by atoms with E-state index in [4.69, 9.17) is 15.6 Å². The molecular formula is C13H14BrNO2S. The van der Waals surface area contributed by atoms with Gasteiger partial charge in [0.15, 0.2) is 0 Å². The first kappa shape index (κ1) is 13.5. The summed E-state index contributed by atoms with van der Waals surface area (Å²) in [6.45, 7) is 0.465. The van der Waals surface area contributed by atoms with Crippen LogP contribution in [0.4, 0.5) is 0 Å². The molecule has 96 valence electrons. The third-order valence-electron chi connectivity index (χ3n) is 2.51. The molecule has 1 aromatic carbocycles. The largest absolute Gasteiger partial charge is 0.484 e. The highest BCUT2D eigenvalue weighted by atomic mass is 79.9. The SMILES string of the molecule is NCC(Oc1ccc(CO)cc1)c1ccc(Br)s1. The van der Waals surface area contributed by atoms with Gasteiger partial charge in [-0.1, -0.05) is 12.1 Å². The zero-order valence-electron chi connectivity index (χ0n) is 9.67. The lowest BCUT2D eigenvalue weighted by Crippen LogP contribution is -2.17. The fraction of sp³-hybridized carbons (Fsp3) is 0.231. The minimum absolute atomic E-state index is 0.0401. The first-order valence-electron chi connectivity index (χ1n) is 5.54. The van der Waals surface area contributed by atoms with Gasteiger partial charge in [-0.25, -0.2) is 0 Å². The van der Waals surface area contributed by atoms with E-state index in [9.17, 15) is 0 Å². The van der Waals surface area contributed by atoms with Gasteiger partial charge in [0.05, 0.1) is 10.4 Å². The number of thiophene rings is 1. The minimum Gasteiger partial charge on any atom is -0.484 e. The summed E-state index contributed by atoms with van der Waals surface area (Å²) in [7, 11) is 0. The molecule has 0 aliphatic heterocycles. The molecule has 5 heteroatoms. The highest BCUT2D eigenvalue weighted by Crippen LogP contribution is 2.30. The molecular weight excluding hydrogens is 314 g/mol. The Balaban J connectivity index is 2.10. The summed E-state index contributed by atoms with van der Waals surface area (Å²) in [6.07, 6.45) is -0.138. The number of aliphatic hydroxyl groups excluding tert-OH is 1. The molecule has 3 N–H and O–H groups in total. The predicted octanol–water partition coefficient (Wildman–Crippen LogP) is 3.08. The molecule has 2 aromatic rings. The topological polar surface area (TPSA) is 55.5 Å². The van der Waals surface area contributed by atoms with E-state index in [0.29, 0.717) is 6.54 Å². The molecule has 2 rings (SSSR count). The standard InChI is InChI=1S/C13H14BrNO2S/c14-13-6-5-12(18-13)11(7-15)17-10-3-1-9(8-16)2-4-10/h1-6,11,16H,7-8,15H2. The number of benzene rings is 1. The summed E-state index contributed by atoms with van der Waals surface area (Å²) in [5, 5.41) is 8.97. The zero-order chi connectivity index (χ0) is 13.0. The van der Waals surface area contributed by atoms with E-state index in [1.165, 1.54) is 0 Å². The second-order valence-corrected chi connectivity index (χ2v) is 6.28. The highest BCUT2D eigenvalue weighted by Gasteiger charge is 2.13. The Labute approximate surface area is 118 Å². The Morgan fingerprint density at radius 1 is 1.22 bits per heavy atom. The summed E-state index contributed by atoms with van der Waals surface area (Å²) in [6, 6.07) is 11.4. The molecule has 0 saturated carbocycles. The lowest BCUT2D eigenvalue weighted by molar-refractivity contribution is 0.218. The van der Waals surface area contributed by atoms with Gasteiger partial charge in [0, 0.05) is 11.4 Å². The number of aliphatic hydroxyl groups is 1. The average molecular weight is 328 g/mol. The van der Waals surface area contributed by atoms with Crippen molar-refractivity contribution < 1.29 is 9.84 Å². The molecule has 1 unspecified atom stereocenters. The van der Waals surface area contributed by atoms with Crippen molar-refractivity contribution in [1.82, 2.24) is 0 Å². The minimum atomic E-state index is -0.138. The molecule has 0 aliphatic carbocycles. The van der Waals surface area contributed by atoms with Gasteiger partial charge in [-0.05, 0) is 45.8 Å². The van der Waals surface area contributed by atoms with Gasteiger partial charge in [-0.2, -0.15) is 0 Å². The van der Waals surface area contributed by atoms with Gasteiger partial charge >= 0.3 is 0 Å². The number of hydrogen-bond donors (Lipinski definition) is 2. The molecule has 0 radical (unpaired) electrons. The lowest BCUT2D eigenvalue weighted by Gasteiger charge is -2.16. The Morgan fingerprint density at radius 2 is 1.94 bits per heavy atom. The van der Waals surface area contributed by atoms with Crippen LogP contribution in [0.1, 0.15) is 16.5 Å². The predicted molar refractivity (Wildman–Crippen MR) is 76.8 cm³/mol. The number of nitrogens with two attached hydrogens (primary N) is 1. The number of rotatable bonds is 5. The number of hydrogen-bond acceptors (Lipinski definition) is 4. The van der Waals surface area contributed by atoms with Crippen molar-refractivity contribution in [2.75, 3.05) is 6.54 Å². The third-order valence-corrected chi connectivity index (χ3v) is 4.23. The molecule has 0 saturated heterocycles. The van der Waals surface area contributed by atoms with Crippen molar-refractivity contribution in [2.45, 2.75) is 12.7 Å². The molecule has 0 aliphatic rings. The van der Waals surface area contributed by atoms with Crippen LogP contribution >= 0.6 is 27.3 Å². The van der Waals surface area contributed by atoms with Gasteiger partial charge in [0.2, 0.25) is 0 Å². The molecule has 0 spiro atoms. The molecule has 3 nitrogen and oxygen atoms in total. The maximum atomic E-state index is 8.97. The fourth-order valence-electron chi connectivity index (χ4n) is 1.56. The van der Waals surface area contributed by atoms with Crippen molar-refractivity contribution in [2.24, 2.45) is 5.73 Å². The van der Waals surface area contributed by atoms with E-state index in [2.05, 4.69) is 15.9 Å². The van der Waals surface area contributed by atoms with Crippen LogP contribution in [0.25, 0.3) is 0 Å². The molecule has 1 heterocycles. The maximum absolute atomic E-state index is 8.97. The van der Waals surface area contributed by atoms with Crippen LogP contribution in [0.3, 0.4) is 0 Å². The van der Waals surface area contributed by atoms with Crippen LogP contribution in [0.15, 0.2) is 40.2 Å². The van der Waals surface area contributed by atoms with Crippen LogP contribution in [-0.4, -0.2) is 11.7 Å².